The molecule has 162 valence electrons. The minimum absolute atomic E-state index is 0.0164. The van der Waals surface area contributed by atoms with Crippen molar-refractivity contribution in [2.45, 2.75) is 19.3 Å². The molecule has 3 aromatic rings. The number of carbonyl (C=O) groups excluding carboxylic acids is 1. The van der Waals surface area contributed by atoms with Crippen molar-refractivity contribution in [3.63, 3.8) is 0 Å². The normalized spacial score (nSPS) is 11.7. The van der Waals surface area contributed by atoms with Gasteiger partial charge in [0, 0.05) is 19.2 Å². The molecule has 7 heteroatoms. The highest BCUT2D eigenvalue weighted by atomic mass is 19.4. The first kappa shape index (κ1) is 22.8. The fourth-order valence-corrected chi connectivity index (χ4v) is 3.13. The number of nitrogens with zero attached hydrogens (tertiary/aromatic N) is 2. The predicted octanol–water partition coefficient (Wildman–Crippen LogP) is 5.87. The molecule has 0 saturated heterocycles. The number of rotatable bonds is 6. The Kier molecular flexibility index (Phi) is 7.06. The van der Waals surface area contributed by atoms with Crippen LogP contribution in [-0.4, -0.2) is 17.0 Å². The molecule has 0 aromatic heterocycles. The summed E-state index contributed by atoms with van der Waals surface area (Å²) in [7, 11) is 0. The van der Waals surface area contributed by atoms with Crippen LogP contribution >= 0.6 is 0 Å². The van der Waals surface area contributed by atoms with Gasteiger partial charge in [-0.15, -0.1) is 0 Å². The first-order chi connectivity index (χ1) is 15.3. The van der Waals surface area contributed by atoms with E-state index < -0.39 is 23.5 Å². The van der Waals surface area contributed by atoms with Gasteiger partial charge in [0.1, 0.15) is 5.82 Å². The van der Waals surface area contributed by atoms with Crippen molar-refractivity contribution >= 4 is 11.5 Å². The first-order valence-corrected chi connectivity index (χ1v) is 9.63. The smallest absolute Gasteiger partial charge is 0.330 e. The van der Waals surface area contributed by atoms with Crippen LogP contribution in [0.1, 0.15) is 22.3 Å². The summed E-state index contributed by atoms with van der Waals surface area (Å²) in [6, 6.07) is 20.9. The molecule has 0 heterocycles. The number of alkyl halides is 3. The van der Waals surface area contributed by atoms with Crippen molar-refractivity contribution in [1.82, 2.24) is 4.90 Å². The number of hydrogen-bond donors (Lipinski definition) is 0. The highest BCUT2D eigenvalue weighted by Gasteiger charge is 2.35. The molecule has 1 amide bonds. The van der Waals surface area contributed by atoms with Crippen LogP contribution in [0.25, 0.3) is 5.57 Å². The Hall–Kier alpha value is -3.92. The third-order valence-corrected chi connectivity index (χ3v) is 4.69. The lowest BCUT2D eigenvalue weighted by Crippen LogP contribution is -2.29. The standard InChI is InChI=1S/C25H18F4N2O/c26-22-8-4-5-20(13-22)17-31(16-19-11-9-18(15-30)10-12-19)24(32)14-23(25(27,28)29)21-6-2-1-3-7-21/h1-14H,16-17H2/b23-14-. The molecule has 0 fully saturated rings. The highest BCUT2D eigenvalue weighted by Crippen LogP contribution is 2.34. The summed E-state index contributed by atoms with van der Waals surface area (Å²) in [6.45, 7) is -0.107. The van der Waals surface area contributed by atoms with Crippen molar-refractivity contribution in [3.8, 4) is 6.07 Å². The Morgan fingerprint density at radius 3 is 2.16 bits per heavy atom. The minimum atomic E-state index is -4.74. The van der Waals surface area contributed by atoms with Crippen molar-refractivity contribution in [3.05, 3.63) is 113 Å². The summed E-state index contributed by atoms with van der Waals surface area (Å²) in [5.41, 5.74) is 0.286. The van der Waals surface area contributed by atoms with E-state index >= 15 is 0 Å². The van der Waals surface area contributed by atoms with E-state index in [1.807, 2.05) is 6.07 Å². The van der Waals surface area contributed by atoms with E-state index in [2.05, 4.69) is 0 Å². The number of hydrogen-bond acceptors (Lipinski definition) is 2. The van der Waals surface area contributed by atoms with Gasteiger partial charge in [-0.25, -0.2) is 4.39 Å². The lowest BCUT2D eigenvalue weighted by Gasteiger charge is -2.23. The molecule has 0 saturated carbocycles. The van der Waals surface area contributed by atoms with Crippen molar-refractivity contribution in [2.75, 3.05) is 0 Å². The molecule has 0 aliphatic carbocycles. The second-order valence-electron chi connectivity index (χ2n) is 7.05. The predicted molar refractivity (Wildman–Crippen MR) is 112 cm³/mol. The van der Waals surface area contributed by atoms with E-state index in [-0.39, 0.29) is 18.7 Å². The summed E-state index contributed by atoms with van der Waals surface area (Å²) in [5, 5.41) is 8.94. The van der Waals surface area contributed by atoms with Gasteiger partial charge in [0.05, 0.1) is 17.2 Å². The Labute approximate surface area is 182 Å². The van der Waals surface area contributed by atoms with Crippen LogP contribution in [0.3, 0.4) is 0 Å². The van der Waals surface area contributed by atoms with Gasteiger partial charge in [-0.2, -0.15) is 18.4 Å². The van der Waals surface area contributed by atoms with E-state index in [9.17, 15) is 22.4 Å². The molecule has 0 aliphatic rings. The van der Waals surface area contributed by atoms with E-state index in [0.29, 0.717) is 22.8 Å². The van der Waals surface area contributed by atoms with Gasteiger partial charge in [0.2, 0.25) is 5.91 Å². The molecule has 0 N–H and O–H groups in total. The van der Waals surface area contributed by atoms with Crippen molar-refractivity contribution in [2.24, 2.45) is 0 Å². The van der Waals surface area contributed by atoms with Gasteiger partial charge in [-0.3, -0.25) is 4.79 Å². The molecular formula is C25H18F4N2O. The number of benzene rings is 3. The summed E-state index contributed by atoms with van der Waals surface area (Å²) in [6.07, 6.45) is -4.17. The molecule has 32 heavy (non-hydrogen) atoms. The van der Waals surface area contributed by atoms with Crippen LogP contribution in [0, 0.1) is 17.1 Å². The van der Waals surface area contributed by atoms with Crippen LogP contribution in [0.4, 0.5) is 17.6 Å². The zero-order chi connectivity index (χ0) is 23.1. The van der Waals surface area contributed by atoms with Crippen LogP contribution in [-0.2, 0) is 17.9 Å². The molecule has 0 radical (unpaired) electrons. The topological polar surface area (TPSA) is 44.1 Å². The molecule has 3 nitrogen and oxygen atoms in total. The van der Waals surface area contributed by atoms with Gasteiger partial charge in [-0.05, 0) is 41.0 Å². The van der Waals surface area contributed by atoms with Crippen molar-refractivity contribution < 1.29 is 22.4 Å². The third kappa shape index (κ3) is 6.05. The Morgan fingerprint density at radius 2 is 1.56 bits per heavy atom. The molecule has 0 unspecified atom stereocenters. The maximum Gasteiger partial charge on any atom is 0.417 e. The summed E-state index contributed by atoms with van der Waals surface area (Å²) in [5.74, 6) is -1.38. The van der Waals surface area contributed by atoms with Gasteiger partial charge in [-0.1, -0.05) is 54.6 Å². The average Bonchev–Trinajstić information content (AvgIpc) is 2.77. The fourth-order valence-electron chi connectivity index (χ4n) is 3.13. The zero-order valence-corrected chi connectivity index (χ0v) is 16.8. The molecule has 0 atom stereocenters. The van der Waals surface area contributed by atoms with Gasteiger partial charge < -0.3 is 4.90 Å². The van der Waals surface area contributed by atoms with E-state index in [0.717, 1.165) is 0 Å². The van der Waals surface area contributed by atoms with E-state index in [1.54, 1.807) is 36.4 Å². The first-order valence-electron chi connectivity index (χ1n) is 9.63. The number of nitriles is 1. The Balaban J connectivity index is 1.97. The largest absolute Gasteiger partial charge is 0.417 e. The zero-order valence-electron chi connectivity index (χ0n) is 16.8. The lowest BCUT2D eigenvalue weighted by molar-refractivity contribution is -0.127. The van der Waals surface area contributed by atoms with Gasteiger partial charge in [0.25, 0.3) is 0 Å². The molecule has 0 bridgehead atoms. The fraction of sp³-hybridized carbons (Fsp3) is 0.120. The van der Waals surface area contributed by atoms with Gasteiger partial charge >= 0.3 is 6.18 Å². The monoisotopic (exact) mass is 438 g/mol. The van der Waals surface area contributed by atoms with Crippen LogP contribution in [0.2, 0.25) is 0 Å². The molecule has 0 spiro atoms. The second-order valence-corrected chi connectivity index (χ2v) is 7.05. The second kappa shape index (κ2) is 9.92. The number of halogens is 4. The summed E-state index contributed by atoms with van der Waals surface area (Å²) in [4.78, 5) is 14.2. The minimum Gasteiger partial charge on any atom is -0.330 e. The molecule has 3 aromatic carbocycles. The maximum absolute atomic E-state index is 13.7. The van der Waals surface area contributed by atoms with E-state index in [1.165, 1.54) is 47.4 Å². The highest BCUT2D eigenvalue weighted by molar-refractivity contribution is 5.96. The van der Waals surface area contributed by atoms with Crippen molar-refractivity contribution in [1.29, 1.82) is 5.26 Å². The maximum atomic E-state index is 13.7. The lowest BCUT2D eigenvalue weighted by atomic mass is 10.0. The molecule has 3 rings (SSSR count). The number of amides is 1. The third-order valence-electron chi connectivity index (χ3n) is 4.69. The van der Waals surface area contributed by atoms with Gasteiger partial charge in [0.15, 0.2) is 0 Å². The summed E-state index contributed by atoms with van der Waals surface area (Å²) >= 11 is 0. The quantitative estimate of drug-likeness (QED) is 0.357. The number of carbonyl (C=O) groups is 1. The molecule has 0 aliphatic heterocycles. The number of allylic oxidation sites excluding steroid dienone is 1. The van der Waals surface area contributed by atoms with Crippen LogP contribution in [0.15, 0.2) is 84.9 Å². The SMILES string of the molecule is N#Cc1ccc(CN(Cc2cccc(F)c2)C(=O)/C=C(/c2ccccc2)C(F)(F)F)cc1. The van der Waals surface area contributed by atoms with Crippen LogP contribution < -0.4 is 0 Å². The Morgan fingerprint density at radius 1 is 0.906 bits per heavy atom. The Bertz CT molecular complexity index is 1150. The van der Waals surface area contributed by atoms with Crippen LogP contribution in [0.5, 0.6) is 0 Å². The average molecular weight is 438 g/mol. The molecular weight excluding hydrogens is 420 g/mol. The summed E-state index contributed by atoms with van der Waals surface area (Å²) < 4.78 is 54.7. The van der Waals surface area contributed by atoms with E-state index in [4.69, 9.17) is 5.26 Å².